The largest absolute Gasteiger partial charge is 0.417 e. The minimum Gasteiger partial charge on any atom is -0.417 e. The first kappa shape index (κ1) is 21.5. The maximum absolute atomic E-state index is 16.0. The number of likely N-dealkylation sites (N-methyl/N-ethyl adjacent to an activating group) is 1. The van der Waals surface area contributed by atoms with Crippen LogP contribution in [-0.2, 0) is 25.8 Å². The molecule has 0 unspecified atom stereocenters. The first-order chi connectivity index (χ1) is 16.4. The topological polar surface area (TPSA) is 96.0 Å². The lowest BCUT2D eigenvalue weighted by atomic mass is 9.87. The van der Waals surface area contributed by atoms with Gasteiger partial charge in [0.15, 0.2) is 5.82 Å². The van der Waals surface area contributed by atoms with Gasteiger partial charge in [0.2, 0.25) is 11.2 Å². The van der Waals surface area contributed by atoms with Gasteiger partial charge in [-0.05, 0) is 42.1 Å². The number of carbonyl (C=O) groups excluding carboxylic acids is 1. The van der Waals surface area contributed by atoms with Gasteiger partial charge in [-0.1, -0.05) is 13.8 Å². The maximum atomic E-state index is 16.0. The molecule has 34 heavy (non-hydrogen) atoms. The number of halogens is 2. The summed E-state index contributed by atoms with van der Waals surface area (Å²) in [5.74, 6) is -0.491. The molecule has 2 aliphatic heterocycles. The van der Waals surface area contributed by atoms with Gasteiger partial charge in [0.1, 0.15) is 0 Å². The zero-order chi connectivity index (χ0) is 23.6. The number of ether oxygens (including phenoxy) is 1. The second-order valence-electron chi connectivity index (χ2n) is 9.10. The molecule has 2 N–H and O–H groups in total. The van der Waals surface area contributed by atoms with Crippen LogP contribution in [0.4, 0.5) is 4.39 Å². The predicted molar refractivity (Wildman–Crippen MR) is 124 cm³/mol. The third kappa shape index (κ3) is 3.29. The summed E-state index contributed by atoms with van der Waals surface area (Å²) in [6.07, 6.45) is 3.61. The minimum absolute atomic E-state index is 0.0661. The second-order valence-corrected chi connectivity index (χ2v) is 9.44. The molecule has 0 radical (unpaired) electrons. The average Bonchev–Trinajstić information content (AvgIpc) is 3.24. The van der Waals surface area contributed by atoms with Gasteiger partial charge < -0.3 is 15.0 Å². The number of amides is 1. The number of hydrogen-bond acceptors (Lipinski definition) is 6. The number of hydrogen-bond donors (Lipinski definition) is 2. The molecule has 1 aliphatic carbocycles. The molecule has 176 valence electrons. The molecule has 5 heterocycles. The van der Waals surface area contributed by atoms with Crippen LogP contribution in [0.25, 0.3) is 11.3 Å². The Balaban J connectivity index is 1.44. The highest BCUT2D eigenvalue weighted by Crippen LogP contribution is 2.42. The Kier molecular flexibility index (Phi) is 5.07. The van der Waals surface area contributed by atoms with Crippen molar-refractivity contribution < 1.29 is 13.9 Å². The summed E-state index contributed by atoms with van der Waals surface area (Å²) in [4.78, 5) is 31.1. The van der Waals surface area contributed by atoms with E-state index in [4.69, 9.17) is 16.3 Å². The molecule has 1 atom stereocenters. The molecule has 0 bridgehead atoms. The second kappa shape index (κ2) is 8.02. The van der Waals surface area contributed by atoms with Crippen molar-refractivity contribution in [3.8, 4) is 23.0 Å². The normalized spacial score (nSPS) is 19.1. The van der Waals surface area contributed by atoms with Crippen molar-refractivity contribution in [2.75, 3.05) is 19.6 Å². The van der Waals surface area contributed by atoms with E-state index in [2.05, 4.69) is 37.1 Å². The van der Waals surface area contributed by atoms with Gasteiger partial charge in [-0.2, -0.15) is 4.98 Å². The molecule has 0 spiro atoms. The van der Waals surface area contributed by atoms with E-state index in [0.717, 1.165) is 47.6 Å². The van der Waals surface area contributed by atoms with Crippen molar-refractivity contribution in [3.05, 3.63) is 50.9 Å². The van der Waals surface area contributed by atoms with Crippen molar-refractivity contribution in [1.29, 1.82) is 0 Å². The fourth-order valence-corrected chi connectivity index (χ4v) is 5.42. The zero-order valence-electron chi connectivity index (χ0n) is 19.0. The minimum atomic E-state index is -0.572. The standard InChI is InChI=1S/C24H24ClFN6O2/c1-3-32-7-6-15-14(10-32)22(31-24(25)29-15)34-23-18(26)16-12(9-28-23)4-5-13-17-19(30-20(13)16)11(2)8-27-21(17)33/h9,11,30H,3-8,10H2,1-2H3,(H,27,33)/t11-/m1/s1. The predicted octanol–water partition coefficient (Wildman–Crippen LogP) is 3.78. The van der Waals surface area contributed by atoms with E-state index in [1.54, 1.807) is 6.20 Å². The van der Waals surface area contributed by atoms with E-state index in [-0.39, 0.29) is 28.9 Å². The van der Waals surface area contributed by atoms with Crippen molar-refractivity contribution >= 4 is 17.5 Å². The van der Waals surface area contributed by atoms with Crippen LogP contribution in [0.3, 0.4) is 0 Å². The average molecular weight is 483 g/mol. The number of nitrogens with one attached hydrogen (secondary N) is 2. The number of fused-ring (bicyclic) bond motifs is 6. The third-order valence-corrected chi connectivity index (χ3v) is 7.27. The summed E-state index contributed by atoms with van der Waals surface area (Å²) < 4.78 is 21.9. The van der Waals surface area contributed by atoms with Crippen LogP contribution in [0.1, 0.15) is 58.2 Å². The summed E-state index contributed by atoms with van der Waals surface area (Å²) in [6, 6.07) is 0. The van der Waals surface area contributed by atoms with Gasteiger partial charge in [-0.25, -0.2) is 14.4 Å². The Morgan fingerprint density at radius 3 is 2.88 bits per heavy atom. The number of pyridine rings is 1. The summed E-state index contributed by atoms with van der Waals surface area (Å²) in [5.41, 5.74) is 5.80. The first-order valence-corrected chi connectivity index (χ1v) is 12.0. The van der Waals surface area contributed by atoms with E-state index >= 15 is 4.39 Å². The molecule has 0 saturated heterocycles. The molecule has 1 amide bonds. The van der Waals surface area contributed by atoms with E-state index in [1.165, 1.54) is 0 Å². The summed E-state index contributed by atoms with van der Waals surface area (Å²) >= 11 is 6.15. The molecule has 0 saturated carbocycles. The maximum Gasteiger partial charge on any atom is 0.258 e. The molecule has 8 nitrogen and oxygen atoms in total. The molecular formula is C24H24ClFN6O2. The van der Waals surface area contributed by atoms with E-state index in [9.17, 15) is 4.79 Å². The Morgan fingerprint density at radius 1 is 1.21 bits per heavy atom. The van der Waals surface area contributed by atoms with Crippen LogP contribution in [-0.4, -0.2) is 50.4 Å². The number of aromatic amines is 1. The van der Waals surface area contributed by atoms with Gasteiger partial charge in [-0.3, -0.25) is 9.69 Å². The zero-order valence-corrected chi connectivity index (χ0v) is 19.7. The highest BCUT2D eigenvalue weighted by Gasteiger charge is 2.35. The van der Waals surface area contributed by atoms with Crippen LogP contribution in [0.2, 0.25) is 5.28 Å². The number of aromatic nitrogens is 4. The molecule has 6 rings (SSSR count). The number of rotatable bonds is 3. The summed E-state index contributed by atoms with van der Waals surface area (Å²) in [6.45, 7) is 7.03. The smallest absolute Gasteiger partial charge is 0.258 e. The SMILES string of the molecule is CCN1CCc2nc(Cl)nc(Oc3ncc4c(c3F)-c3[nH]c5c(c3CC4)C(=O)NC[C@H]5C)c2C1. The Bertz CT molecular complexity index is 1340. The van der Waals surface area contributed by atoms with Crippen molar-refractivity contribution in [2.45, 2.75) is 45.6 Å². The third-order valence-electron chi connectivity index (χ3n) is 7.10. The van der Waals surface area contributed by atoms with Gasteiger partial charge in [0, 0.05) is 49.4 Å². The van der Waals surface area contributed by atoms with Crippen LogP contribution < -0.4 is 10.1 Å². The number of H-pyrrole nitrogens is 1. The van der Waals surface area contributed by atoms with Crippen LogP contribution in [0.15, 0.2) is 6.20 Å². The van der Waals surface area contributed by atoms with Gasteiger partial charge in [-0.15, -0.1) is 0 Å². The van der Waals surface area contributed by atoms with Crippen molar-refractivity contribution in [2.24, 2.45) is 0 Å². The van der Waals surface area contributed by atoms with Crippen molar-refractivity contribution in [3.63, 3.8) is 0 Å². The highest BCUT2D eigenvalue weighted by molar-refractivity contribution is 6.28. The summed E-state index contributed by atoms with van der Waals surface area (Å²) in [5, 5.41) is 3.00. The lowest BCUT2D eigenvalue weighted by molar-refractivity contribution is 0.0940. The van der Waals surface area contributed by atoms with Crippen molar-refractivity contribution in [1.82, 2.24) is 30.2 Å². The Labute approximate surface area is 200 Å². The lowest BCUT2D eigenvalue weighted by Crippen LogP contribution is -2.34. The van der Waals surface area contributed by atoms with E-state index in [1.807, 2.05) is 6.92 Å². The molecule has 0 aromatic carbocycles. The van der Waals surface area contributed by atoms with E-state index < -0.39 is 5.82 Å². The highest BCUT2D eigenvalue weighted by atomic mass is 35.5. The molecule has 3 aliphatic rings. The molecule has 0 fully saturated rings. The molecule has 10 heteroatoms. The number of aryl methyl sites for hydroxylation is 1. The van der Waals surface area contributed by atoms with Gasteiger partial charge >= 0.3 is 0 Å². The summed E-state index contributed by atoms with van der Waals surface area (Å²) in [7, 11) is 0. The fraction of sp³-hybridized carbons (Fsp3) is 0.417. The molecule has 3 aromatic heterocycles. The monoisotopic (exact) mass is 482 g/mol. The number of nitrogens with zero attached hydrogens (tertiary/aromatic N) is 4. The van der Waals surface area contributed by atoms with Crippen LogP contribution >= 0.6 is 11.6 Å². The number of carbonyl (C=O) groups is 1. The van der Waals surface area contributed by atoms with Gasteiger partial charge in [0.25, 0.3) is 11.8 Å². The van der Waals surface area contributed by atoms with Gasteiger partial charge in [0.05, 0.1) is 22.5 Å². The fourth-order valence-electron chi connectivity index (χ4n) is 5.24. The van der Waals surface area contributed by atoms with Crippen LogP contribution in [0, 0.1) is 5.82 Å². The Morgan fingerprint density at radius 2 is 2.06 bits per heavy atom. The Hall–Kier alpha value is -3.04. The quantitative estimate of drug-likeness (QED) is 0.552. The van der Waals surface area contributed by atoms with E-state index in [0.29, 0.717) is 42.8 Å². The first-order valence-electron chi connectivity index (χ1n) is 11.6. The lowest BCUT2D eigenvalue weighted by Gasteiger charge is -2.27. The molecular weight excluding hydrogens is 459 g/mol. The molecule has 3 aromatic rings. The van der Waals surface area contributed by atoms with Crippen LogP contribution in [0.5, 0.6) is 11.8 Å².